The number of anilines is 1. The van der Waals surface area contributed by atoms with E-state index in [4.69, 9.17) is 5.73 Å². The monoisotopic (exact) mass is 244 g/mol. The summed E-state index contributed by atoms with van der Waals surface area (Å²) in [6.45, 7) is 0. The highest BCUT2D eigenvalue weighted by molar-refractivity contribution is 7.99. The van der Waals surface area contributed by atoms with E-state index in [-0.39, 0.29) is 0 Å². The SMILES string of the molecule is Nc1cn2ccnc2c(Sc2ccncn2)n1. The second kappa shape index (κ2) is 4.02. The van der Waals surface area contributed by atoms with Crippen molar-refractivity contribution < 1.29 is 0 Å². The van der Waals surface area contributed by atoms with Crippen LogP contribution in [0.5, 0.6) is 0 Å². The van der Waals surface area contributed by atoms with Crippen LogP contribution in [0.2, 0.25) is 0 Å². The van der Waals surface area contributed by atoms with Gasteiger partial charge in [-0.1, -0.05) is 0 Å². The average molecular weight is 244 g/mol. The highest BCUT2D eigenvalue weighted by atomic mass is 32.2. The summed E-state index contributed by atoms with van der Waals surface area (Å²) >= 11 is 1.41. The van der Waals surface area contributed by atoms with E-state index in [0.717, 1.165) is 15.7 Å². The van der Waals surface area contributed by atoms with E-state index < -0.39 is 0 Å². The van der Waals surface area contributed by atoms with Crippen molar-refractivity contribution in [3.63, 3.8) is 0 Å². The van der Waals surface area contributed by atoms with Crippen molar-refractivity contribution in [1.29, 1.82) is 0 Å². The summed E-state index contributed by atoms with van der Waals surface area (Å²) in [5.41, 5.74) is 6.50. The lowest BCUT2D eigenvalue weighted by atomic mass is 10.6. The van der Waals surface area contributed by atoms with Crippen LogP contribution in [0.15, 0.2) is 47.2 Å². The Labute approximate surface area is 101 Å². The minimum atomic E-state index is 0.451. The summed E-state index contributed by atoms with van der Waals surface area (Å²) in [6.07, 6.45) is 8.45. The van der Waals surface area contributed by atoms with E-state index >= 15 is 0 Å². The van der Waals surface area contributed by atoms with E-state index in [2.05, 4.69) is 19.9 Å². The van der Waals surface area contributed by atoms with Gasteiger partial charge in [-0.05, 0) is 17.8 Å². The van der Waals surface area contributed by atoms with Gasteiger partial charge in [-0.3, -0.25) is 0 Å². The Morgan fingerprint density at radius 1 is 1.24 bits per heavy atom. The fraction of sp³-hybridized carbons (Fsp3) is 0. The van der Waals surface area contributed by atoms with Crippen LogP contribution in [0.4, 0.5) is 5.82 Å². The van der Waals surface area contributed by atoms with E-state index in [9.17, 15) is 0 Å². The molecule has 0 aliphatic carbocycles. The lowest BCUT2D eigenvalue weighted by molar-refractivity contribution is 1.02. The molecule has 84 valence electrons. The summed E-state index contributed by atoms with van der Waals surface area (Å²) in [5.74, 6) is 0.451. The zero-order chi connectivity index (χ0) is 11.7. The van der Waals surface area contributed by atoms with Gasteiger partial charge in [0.2, 0.25) is 0 Å². The van der Waals surface area contributed by atoms with Crippen molar-refractivity contribution in [3.8, 4) is 0 Å². The highest BCUT2D eigenvalue weighted by Crippen LogP contribution is 2.27. The molecular weight excluding hydrogens is 236 g/mol. The van der Waals surface area contributed by atoms with Crippen LogP contribution >= 0.6 is 11.8 Å². The van der Waals surface area contributed by atoms with E-state index in [1.54, 1.807) is 18.6 Å². The quantitative estimate of drug-likeness (QED) is 0.683. The smallest absolute Gasteiger partial charge is 0.170 e. The molecule has 2 N–H and O–H groups in total. The number of hydrogen-bond acceptors (Lipinski definition) is 6. The Bertz CT molecular complexity index is 650. The van der Waals surface area contributed by atoms with Gasteiger partial charge in [-0.25, -0.2) is 19.9 Å². The molecule has 0 spiro atoms. The summed E-state index contributed by atoms with van der Waals surface area (Å²) in [4.78, 5) is 16.5. The second-order valence-corrected chi connectivity index (χ2v) is 4.29. The van der Waals surface area contributed by atoms with Crippen LogP contribution in [0.3, 0.4) is 0 Å². The number of aromatic nitrogens is 5. The van der Waals surface area contributed by atoms with Crippen LogP contribution in [-0.2, 0) is 0 Å². The Kier molecular flexibility index (Phi) is 2.37. The first-order valence-corrected chi connectivity index (χ1v) is 5.67. The molecule has 0 atom stereocenters. The Morgan fingerprint density at radius 2 is 2.18 bits per heavy atom. The first kappa shape index (κ1) is 10.0. The number of nitrogens with zero attached hydrogens (tertiary/aromatic N) is 5. The summed E-state index contributed by atoms with van der Waals surface area (Å²) in [5, 5.41) is 1.54. The molecular formula is C10H8N6S. The fourth-order valence-corrected chi connectivity index (χ4v) is 2.26. The molecule has 0 bridgehead atoms. The molecule has 0 unspecified atom stereocenters. The molecule has 0 aromatic carbocycles. The summed E-state index contributed by atoms with van der Waals surface area (Å²) in [6, 6.07) is 1.81. The van der Waals surface area contributed by atoms with Gasteiger partial charge in [-0.15, -0.1) is 0 Å². The predicted octanol–water partition coefficient (Wildman–Crippen LogP) is 1.25. The minimum Gasteiger partial charge on any atom is -0.382 e. The first-order chi connectivity index (χ1) is 8.33. The standard InChI is InChI=1S/C10H8N6S/c11-7-5-16-4-3-13-9(16)10(15-7)17-8-1-2-12-6-14-8/h1-6H,11H2. The number of rotatable bonds is 2. The van der Waals surface area contributed by atoms with Gasteiger partial charge >= 0.3 is 0 Å². The number of nitrogens with two attached hydrogens (primary N) is 1. The summed E-state index contributed by atoms with van der Waals surface area (Å²) in [7, 11) is 0. The Balaban J connectivity index is 2.08. The topological polar surface area (TPSA) is 82.0 Å². The molecule has 0 aliphatic heterocycles. The lowest BCUT2D eigenvalue weighted by Gasteiger charge is -2.03. The zero-order valence-electron chi connectivity index (χ0n) is 8.69. The minimum absolute atomic E-state index is 0.451. The van der Waals surface area contributed by atoms with Crippen molar-refractivity contribution in [1.82, 2.24) is 24.3 Å². The third kappa shape index (κ3) is 1.92. The zero-order valence-corrected chi connectivity index (χ0v) is 9.50. The molecule has 3 aromatic heterocycles. The Morgan fingerprint density at radius 3 is 3.00 bits per heavy atom. The maximum absolute atomic E-state index is 5.73. The van der Waals surface area contributed by atoms with Crippen molar-refractivity contribution in [3.05, 3.63) is 37.2 Å². The van der Waals surface area contributed by atoms with Crippen LogP contribution in [-0.4, -0.2) is 24.3 Å². The molecule has 0 radical (unpaired) electrons. The molecule has 7 heteroatoms. The van der Waals surface area contributed by atoms with E-state index in [0.29, 0.717) is 5.82 Å². The van der Waals surface area contributed by atoms with Gasteiger partial charge in [0, 0.05) is 18.6 Å². The number of imidazole rings is 1. The van der Waals surface area contributed by atoms with Gasteiger partial charge in [-0.2, -0.15) is 0 Å². The molecule has 0 amide bonds. The second-order valence-electron chi connectivity index (χ2n) is 3.28. The number of hydrogen-bond donors (Lipinski definition) is 1. The van der Waals surface area contributed by atoms with Crippen LogP contribution in [0.1, 0.15) is 0 Å². The molecule has 3 rings (SSSR count). The predicted molar refractivity (Wildman–Crippen MR) is 63.6 cm³/mol. The molecule has 0 saturated heterocycles. The van der Waals surface area contributed by atoms with E-state index in [1.165, 1.54) is 18.1 Å². The van der Waals surface area contributed by atoms with Gasteiger partial charge in [0.25, 0.3) is 0 Å². The third-order valence-corrected chi connectivity index (χ3v) is 3.04. The van der Waals surface area contributed by atoms with Crippen LogP contribution in [0, 0.1) is 0 Å². The molecule has 3 aromatic rings. The summed E-state index contributed by atoms with van der Waals surface area (Å²) < 4.78 is 1.84. The van der Waals surface area contributed by atoms with Crippen molar-refractivity contribution in [2.75, 3.05) is 5.73 Å². The van der Waals surface area contributed by atoms with Crippen LogP contribution < -0.4 is 5.73 Å². The average Bonchev–Trinajstić information content (AvgIpc) is 2.78. The fourth-order valence-electron chi connectivity index (χ4n) is 1.43. The van der Waals surface area contributed by atoms with E-state index in [1.807, 2.05) is 16.7 Å². The van der Waals surface area contributed by atoms with Crippen molar-refractivity contribution in [2.45, 2.75) is 10.1 Å². The van der Waals surface area contributed by atoms with Crippen molar-refractivity contribution in [2.24, 2.45) is 0 Å². The molecule has 17 heavy (non-hydrogen) atoms. The van der Waals surface area contributed by atoms with Gasteiger partial charge in [0.15, 0.2) is 5.65 Å². The maximum atomic E-state index is 5.73. The lowest BCUT2D eigenvalue weighted by Crippen LogP contribution is -1.97. The first-order valence-electron chi connectivity index (χ1n) is 4.86. The Hall–Kier alpha value is -2.15. The normalized spacial score (nSPS) is 10.8. The number of fused-ring (bicyclic) bond motifs is 1. The largest absolute Gasteiger partial charge is 0.382 e. The van der Waals surface area contributed by atoms with Gasteiger partial charge in [0.05, 0.1) is 6.20 Å². The molecule has 0 saturated carbocycles. The maximum Gasteiger partial charge on any atom is 0.170 e. The molecule has 6 nitrogen and oxygen atoms in total. The highest BCUT2D eigenvalue weighted by Gasteiger charge is 2.08. The number of nitrogen functional groups attached to an aromatic ring is 1. The van der Waals surface area contributed by atoms with Crippen LogP contribution in [0.25, 0.3) is 5.65 Å². The third-order valence-electron chi connectivity index (χ3n) is 2.12. The molecule has 0 aliphatic rings. The molecule has 0 fully saturated rings. The molecule has 3 heterocycles. The van der Waals surface area contributed by atoms with Gasteiger partial charge < -0.3 is 10.1 Å². The van der Waals surface area contributed by atoms with Gasteiger partial charge in [0.1, 0.15) is 22.2 Å². The van der Waals surface area contributed by atoms with Crippen molar-refractivity contribution >= 4 is 23.2 Å².